The van der Waals surface area contributed by atoms with Crippen LogP contribution in [-0.4, -0.2) is 102 Å². The molecule has 0 spiro atoms. The van der Waals surface area contributed by atoms with E-state index in [1.165, 1.54) is 4.90 Å². The van der Waals surface area contributed by atoms with Gasteiger partial charge in [0.05, 0.1) is 66.1 Å². The van der Waals surface area contributed by atoms with Gasteiger partial charge in [0.2, 0.25) is 0 Å². The molecule has 0 aromatic rings. The van der Waals surface area contributed by atoms with Gasteiger partial charge >= 0.3 is 6.09 Å². The Balaban J connectivity index is 3.26. The lowest BCUT2D eigenvalue weighted by Crippen LogP contribution is -2.36. The van der Waals surface area contributed by atoms with Gasteiger partial charge in [-0.1, -0.05) is 15.9 Å². The molecule has 0 fully saturated rings. The second-order valence-corrected chi connectivity index (χ2v) is 7.45. The number of carbonyl (C=O) groups excluding carboxylic acids is 1. The number of carbonyl (C=O) groups is 1. The second-order valence-electron chi connectivity index (χ2n) is 6.65. The fourth-order valence-electron chi connectivity index (χ4n) is 1.67. The van der Waals surface area contributed by atoms with Crippen LogP contribution in [0.4, 0.5) is 4.79 Å². The van der Waals surface area contributed by atoms with Gasteiger partial charge in [-0.3, -0.25) is 0 Å². The van der Waals surface area contributed by atoms with Crippen LogP contribution in [0.2, 0.25) is 0 Å². The molecule has 0 N–H and O–H groups in total. The molecular weight excluding hydrogens is 422 g/mol. The van der Waals surface area contributed by atoms with E-state index in [-0.39, 0.29) is 6.09 Å². The number of ether oxygens (including phenoxy) is 6. The van der Waals surface area contributed by atoms with Gasteiger partial charge in [-0.05, 0) is 20.8 Å². The summed E-state index contributed by atoms with van der Waals surface area (Å²) in [7, 11) is 1.69. The van der Waals surface area contributed by atoms with E-state index in [0.717, 1.165) is 5.33 Å². The maximum atomic E-state index is 11.7. The van der Waals surface area contributed by atoms with Gasteiger partial charge in [0, 0.05) is 18.9 Å². The van der Waals surface area contributed by atoms with Crippen LogP contribution in [0, 0.1) is 0 Å². The molecule has 0 aliphatic rings. The van der Waals surface area contributed by atoms with Crippen molar-refractivity contribution in [3.63, 3.8) is 0 Å². The number of hydrogen-bond donors (Lipinski definition) is 0. The highest BCUT2D eigenvalue weighted by atomic mass is 79.9. The third-order valence-corrected chi connectivity index (χ3v) is 3.31. The number of halogens is 1. The Hall–Kier alpha value is -0.450. The van der Waals surface area contributed by atoms with Crippen molar-refractivity contribution in [1.29, 1.82) is 0 Å². The van der Waals surface area contributed by atoms with Crippen LogP contribution in [0.3, 0.4) is 0 Å². The monoisotopic (exact) mass is 457 g/mol. The summed E-state index contributed by atoms with van der Waals surface area (Å²) < 4.78 is 32.1. The molecule has 0 aromatic heterocycles. The molecule has 0 atom stereocenters. The van der Waals surface area contributed by atoms with Crippen molar-refractivity contribution >= 4 is 22.0 Å². The molecule has 0 unspecified atom stereocenters. The van der Waals surface area contributed by atoms with Gasteiger partial charge in [0.25, 0.3) is 0 Å². The number of nitrogens with zero attached hydrogens (tertiary/aromatic N) is 1. The summed E-state index contributed by atoms with van der Waals surface area (Å²) in [6, 6.07) is 0. The van der Waals surface area contributed by atoms with Crippen LogP contribution < -0.4 is 0 Å². The van der Waals surface area contributed by atoms with Gasteiger partial charge in [-0.2, -0.15) is 0 Å². The molecule has 8 nitrogen and oxygen atoms in total. The van der Waals surface area contributed by atoms with E-state index in [1.807, 2.05) is 20.8 Å². The zero-order valence-corrected chi connectivity index (χ0v) is 18.8. The van der Waals surface area contributed by atoms with Crippen LogP contribution in [0.25, 0.3) is 0 Å². The van der Waals surface area contributed by atoms with Crippen LogP contribution >= 0.6 is 15.9 Å². The highest BCUT2D eigenvalue weighted by Gasteiger charge is 2.19. The van der Waals surface area contributed by atoms with Crippen LogP contribution in [-0.2, 0) is 28.4 Å². The fourth-order valence-corrected chi connectivity index (χ4v) is 1.90. The minimum Gasteiger partial charge on any atom is -0.444 e. The number of rotatable bonds is 17. The SMILES string of the molecule is CN(CCOCCOCCOCCOCCOCCBr)C(=O)OC(C)(C)C. The number of alkyl halides is 1. The predicted octanol–water partition coefficient (Wildman–Crippen LogP) is 2.33. The Kier molecular flexibility index (Phi) is 17.3. The smallest absolute Gasteiger partial charge is 0.410 e. The van der Waals surface area contributed by atoms with Gasteiger partial charge < -0.3 is 33.3 Å². The number of amides is 1. The lowest BCUT2D eigenvalue weighted by molar-refractivity contribution is -0.0122. The molecule has 0 bridgehead atoms. The second kappa shape index (κ2) is 17.6. The van der Waals surface area contributed by atoms with E-state index in [9.17, 15) is 4.79 Å². The first kappa shape index (κ1) is 26.6. The predicted molar refractivity (Wildman–Crippen MR) is 107 cm³/mol. The average molecular weight is 458 g/mol. The molecule has 162 valence electrons. The molecule has 0 heterocycles. The third-order valence-electron chi connectivity index (χ3n) is 2.99. The molecule has 1 amide bonds. The van der Waals surface area contributed by atoms with E-state index >= 15 is 0 Å². The number of likely N-dealkylation sites (N-methyl/N-ethyl adjacent to an activating group) is 1. The zero-order valence-electron chi connectivity index (χ0n) is 17.2. The van der Waals surface area contributed by atoms with Crippen molar-refractivity contribution in [1.82, 2.24) is 4.90 Å². The standard InChI is InChI=1S/C18H36BrNO7/c1-18(2,3)27-17(21)20(4)6-8-23-10-12-25-14-16-26-15-13-24-11-9-22-7-5-19/h5-16H2,1-4H3. The zero-order chi connectivity index (χ0) is 20.4. The lowest BCUT2D eigenvalue weighted by Gasteiger charge is -2.24. The highest BCUT2D eigenvalue weighted by molar-refractivity contribution is 9.09. The maximum Gasteiger partial charge on any atom is 0.410 e. The molecule has 0 radical (unpaired) electrons. The third kappa shape index (κ3) is 20.1. The summed E-state index contributed by atoms with van der Waals surface area (Å²) in [5.41, 5.74) is -0.490. The largest absolute Gasteiger partial charge is 0.444 e. The van der Waals surface area contributed by atoms with Crippen molar-refractivity contribution in [2.75, 3.05) is 85.0 Å². The van der Waals surface area contributed by atoms with Crippen molar-refractivity contribution in [2.45, 2.75) is 26.4 Å². The quantitative estimate of drug-likeness (QED) is 0.245. The summed E-state index contributed by atoms with van der Waals surface area (Å²) in [6.45, 7) is 11.4. The summed E-state index contributed by atoms with van der Waals surface area (Å²) in [5.74, 6) is 0. The molecule has 9 heteroatoms. The first-order valence-corrected chi connectivity index (χ1v) is 10.4. The van der Waals surface area contributed by atoms with Gasteiger partial charge in [0.15, 0.2) is 0 Å². The Morgan fingerprint density at radius 2 is 1.11 bits per heavy atom. The van der Waals surface area contributed by atoms with Crippen molar-refractivity contribution in [3.8, 4) is 0 Å². The van der Waals surface area contributed by atoms with Crippen LogP contribution in [0.5, 0.6) is 0 Å². The average Bonchev–Trinajstić information content (AvgIpc) is 2.59. The summed E-state index contributed by atoms with van der Waals surface area (Å²) in [4.78, 5) is 13.2. The minimum absolute atomic E-state index is 0.352. The minimum atomic E-state index is -0.490. The van der Waals surface area contributed by atoms with Crippen LogP contribution in [0.15, 0.2) is 0 Å². The van der Waals surface area contributed by atoms with E-state index in [4.69, 9.17) is 28.4 Å². The lowest BCUT2D eigenvalue weighted by atomic mass is 10.2. The van der Waals surface area contributed by atoms with Crippen molar-refractivity contribution < 1.29 is 33.2 Å². The van der Waals surface area contributed by atoms with Crippen molar-refractivity contribution in [3.05, 3.63) is 0 Å². The normalized spacial score (nSPS) is 11.6. The van der Waals surface area contributed by atoms with Crippen molar-refractivity contribution in [2.24, 2.45) is 0 Å². The Morgan fingerprint density at radius 3 is 1.48 bits per heavy atom. The summed E-state index contributed by atoms with van der Waals surface area (Å²) in [6.07, 6.45) is -0.352. The Bertz CT molecular complexity index is 353. The summed E-state index contributed by atoms with van der Waals surface area (Å²) >= 11 is 3.29. The molecule has 0 aliphatic heterocycles. The molecule has 0 aliphatic carbocycles. The molecule has 27 heavy (non-hydrogen) atoms. The molecule has 0 aromatic carbocycles. The summed E-state index contributed by atoms with van der Waals surface area (Å²) in [5, 5.41) is 0.838. The Morgan fingerprint density at radius 1 is 0.741 bits per heavy atom. The van der Waals surface area contributed by atoms with Gasteiger partial charge in [-0.15, -0.1) is 0 Å². The molecule has 0 rings (SSSR count). The van der Waals surface area contributed by atoms with Gasteiger partial charge in [0.1, 0.15) is 5.60 Å². The first-order chi connectivity index (χ1) is 12.9. The van der Waals surface area contributed by atoms with Crippen LogP contribution in [0.1, 0.15) is 20.8 Å². The molecule has 0 saturated carbocycles. The highest BCUT2D eigenvalue weighted by Crippen LogP contribution is 2.08. The topological polar surface area (TPSA) is 75.7 Å². The van der Waals surface area contributed by atoms with E-state index < -0.39 is 5.60 Å². The Labute approximate surface area is 171 Å². The van der Waals surface area contributed by atoms with E-state index in [1.54, 1.807) is 7.05 Å². The maximum absolute atomic E-state index is 11.7. The fraction of sp³-hybridized carbons (Fsp3) is 0.944. The van der Waals surface area contributed by atoms with E-state index in [0.29, 0.717) is 72.6 Å². The molecular formula is C18H36BrNO7. The van der Waals surface area contributed by atoms with Gasteiger partial charge in [-0.25, -0.2) is 4.79 Å². The first-order valence-electron chi connectivity index (χ1n) is 9.25. The number of hydrogen-bond acceptors (Lipinski definition) is 7. The molecule has 0 saturated heterocycles. The van der Waals surface area contributed by atoms with E-state index in [2.05, 4.69) is 15.9 Å².